The van der Waals surface area contributed by atoms with Crippen molar-refractivity contribution in [2.45, 2.75) is 283 Å². The summed E-state index contributed by atoms with van der Waals surface area (Å²) in [7, 11) is 0. The Morgan fingerprint density at radius 1 is 0.365 bits per heavy atom. The molecular formula is C57H100O6. The van der Waals surface area contributed by atoms with Crippen molar-refractivity contribution in [2.24, 2.45) is 0 Å². The smallest absolute Gasteiger partial charge is 0.210 e. The number of rotatable bonds is 48. The van der Waals surface area contributed by atoms with Crippen LogP contribution in [0, 0.1) is 0 Å². The lowest BCUT2D eigenvalue weighted by atomic mass is 9.79. The van der Waals surface area contributed by atoms with E-state index in [-0.39, 0.29) is 19.3 Å². The van der Waals surface area contributed by atoms with Crippen molar-refractivity contribution < 1.29 is 29.7 Å². The first-order valence-corrected chi connectivity index (χ1v) is 26.7. The van der Waals surface area contributed by atoms with Gasteiger partial charge in [0.2, 0.25) is 5.60 Å². The van der Waals surface area contributed by atoms with E-state index < -0.39 is 35.2 Å². The summed E-state index contributed by atoms with van der Waals surface area (Å²) in [5.41, 5.74) is -2.79. The maximum atomic E-state index is 13.6. The van der Waals surface area contributed by atoms with E-state index in [1.165, 1.54) is 77.0 Å². The number of unbranched alkanes of at least 4 members (excludes halogenated alkanes) is 27. The molecule has 0 rings (SSSR count). The number of aliphatic hydroxyl groups excluding tert-OH is 2. The molecule has 0 aliphatic carbocycles. The normalized spacial score (nSPS) is 14.3. The predicted octanol–water partition coefficient (Wildman–Crippen LogP) is 15.8. The molecule has 0 radical (unpaired) electrons. The third kappa shape index (κ3) is 35.5. The minimum atomic E-state index is -2.79. The number of ketones is 3. The lowest BCUT2D eigenvalue weighted by Crippen LogP contribution is -2.61. The van der Waals surface area contributed by atoms with Crippen LogP contribution in [-0.4, -0.2) is 50.5 Å². The first-order chi connectivity index (χ1) is 30.8. The number of carbonyl (C=O) groups excluding carboxylic acids is 3. The van der Waals surface area contributed by atoms with Gasteiger partial charge in [-0.05, 0) is 109 Å². The van der Waals surface area contributed by atoms with Gasteiger partial charge in [0.1, 0.15) is 12.2 Å². The van der Waals surface area contributed by atoms with E-state index in [1.54, 1.807) is 0 Å². The minimum Gasteiger partial charge on any atom is -0.386 e. The molecule has 0 aliphatic heterocycles. The zero-order valence-electron chi connectivity index (χ0n) is 41.4. The summed E-state index contributed by atoms with van der Waals surface area (Å²) in [6.45, 7) is 6.69. The number of hydrogen-bond acceptors (Lipinski definition) is 6. The van der Waals surface area contributed by atoms with Gasteiger partial charge in [-0.25, -0.2) is 0 Å². The van der Waals surface area contributed by atoms with Crippen molar-refractivity contribution in [1.82, 2.24) is 0 Å². The molecule has 0 aromatic carbocycles. The first kappa shape index (κ1) is 60.6. The van der Waals surface area contributed by atoms with Crippen molar-refractivity contribution in [2.75, 3.05) is 0 Å². The Balaban J connectivity index is 4.88. The molecule has 0 bridgehead atoms. The van der Waals surface area contributed by atoms with Crippen LogP contribution >= 0.6 is 0 Å². The Morgan fingerprint density at radius 2 is 0.619 bits per heavy atom. The van der Waals surface area contributed by atoms with Crippen LogP contribution in [0.5, 0.6) is 0 Å². The van der Waals surface area contributed by atoms with Crippen molar-refractivity contribution >= 4 is 17.3 Å². The summed E-state index contributed by atoms with van der Waals surface area (Å²) in [4.78, 5) is 40.2. The van der Waals surface area contributed by atoms with E-state index in [2.05, 4.69) is 81.5 Å². The van der Waals surface area contributed by atoms with Crippen molar-refractivity contribution in [1.29, 1.82) is 0 Å². The van der Waals surface area contributed by atoms with Crippen LogP contribution < -0.4 is 0 Å². The van der Waals surface area contributed by atoms with Gasteiger partial charge in [-0.1, -0.05) is 197 Å². The molecule has 6 heteroatoms. The maximum absolute atomic E-state index is 13.6. The highest BCUT2D eigenvalue weighted by molar-refractivity contribution is 6.11. The monoisotopic (exact) mass is 881 g/mol. The number of allylic oxidation sites excluding steroid dienone is 10. The van der Waals surface area contributed by atoms with Crippen molar-refractivity contribution in [3.63, 3.8) is 0 Å². The summed E-state index contributed by atoms with van der Waals surface area (Å²) in [5, 5.41) is 33.9. The number of carbonyl (C=O) groups is 3. The van der Waals surface area contributed by atoms with Gasteiger partial charge in [0, 0.05) is 19.3 Å². The molecule has 364 valence electrons. The zero-order valence-corrected chi connectivity index (χ0v) is 41.4. The molecule has 63 heavy (non-hydrogen) atoms. The molecule has 0 saturated carbocycles. The highest BCUT2D eigenvalue weighted by atomic mass is 16.4. The third-order valence-corrected chi connectivity index (χ3v) is 12.3. The van der Waals surface area contributed by atoms with Gasteiger partial charge in [-0.3, -0.25) is 14.4 Å². The number of aliphatic hydroxyl groups is 3. The van der Waals surface area contributed by atoms with Gasteiger partial charge >= 0.3 is 0 Å². The van der Waals surface area contributed by atoms with E-state index >= 15 is 0 Å². The molecule has 6 nitrogen and oxygen atoms in total. The molecule has 0 fully saturated rings. The van der Waals surface area contributed by atoms with Gasteiger partial charge < -0.3 is 15.3 Å². The molecular weight excluding hydrogens is 781 g/mol. The molecule has 3 N–H and O–H groups in total. The Bertz CT molecular complexity index is 1150. The average molecular weight is 881 g/mol. The van der Waals surface area contributed by atoms with Crippen LogP contribution in [0.1, 0.15) is 265 Å². The summed E-state index contributed by atoms with van der Waals surface area (Å²) >= 11 is 0. The quantitative estimate of drug-likeness (QED) is 0.0319. The Labute approximate surface area is 389 Å². The van der Waals surface area contributed by atoms with Crippen LogP contribution in [0.25, 0.3) is 0 Å². The van der Waals surface area contributed by atoms with Crippen LogP contribution in [0.2, 0.25) is 0 Å². The molecule has 0 aromatic rings. The van der Waals surface area contributed by atoms with Crippen LogP contribution in [0.3, 0.4) is 0 Å². The third-order valence-electron chi connectivity index (χ3n) is 12.3. The van der Waals surface area contributed by atoms with E-state index in [1.807, 2.05) is 0 Å². The van der Waals surface area contributed by atoms with Gasteiger partial charge in [0.15, 0.2) is 17.3 Å². The first-order valence-electron chi connectivity index (χ1n) is 26.7. The Hall–Kier alpha value is -2.41. The fraction of sp³-hybridized carbons (Fsp3) is 0.772. The lowest BCUT2D eigenvalue weighted by Gasteiger charge is -2.32. The molecule has 0 amide bonds. The van der Waals surface area contributed by atoms with E-state index in [0.29, 0.717) is 19.3 Å². The minimum absolute atomic E-state index is 0.0325. The molecule has 0 aliphatic rings. The lowest BCUT2D eigenvalue weighted by molar-refractivity contribution is -0.174. The van der Waals surface area contributed by atoms with Crippen LogP contribution in [-0.2, 0) is 14.4 Å². The zero-order chi connectivity index (χ0) is 46.3. The standard InChI is InChI=1S/C57H100O6/c1-4-7-10-13-16-19-22-25-28-31-34-37-40-43-46-49-52(58)55(61)56(62)57(63,53(59)50-47-44-41-38-35-32-29-26-23-20-17-14-11-8-5-2)54(60)51-48-45-42-39-36-33-30-27-24-21-18-15-12-9-6-3/h17-18,20-21,25-30,55-56,61-63H,4-16,19,22-24,31-51H2,1-3H3. The topological polar surface area (TPSA) is 112 Å². The van der Waals surface area contributed by atoms with Crippen molar-refractivity contribution in [3.05, 3.63) is 60.8 Å². The van der Waals surface area contributed by atoms with Gasteiger partial charge in [0.25, 0.3) is 0 Å². The van der Waals surface area contributed by atoms with Crippen LogP contribution in [0.15, 0.2) is 60.8 Å². The highest BCUT2D eigenvalue weighted by Gasteiger charge is 2.52. The van der Waals surface area contributed by atoms with E-state index in [4.69, 9.17) is 0 Å². The fourth-order valence-electron chi connectivity index (χ4n) is 7.98. The second-order valence-corrected chi connectivity index (χ2v) is 18.3. The molecule has 0 aromatic heterocycles. The molecule has 0 spiro atoms. The predicted molar refractivity (Wildman–Crippen MR) is 270 cm³/mol. The average Bonchev–Trinajstić information content (AvgIpc) is 3.29. The van der Waals surface area contributed by atoms with Gasteiger partial charge in [-0.15, -0.1) is 0 Å². The number of Topliss-reactive ketones (excluding diaryl/α,β-unsaturated/α-hetero) is 3. The fourth-order valence-corrected chi connectivity index (χ4v) is 7.98. The summed E-state index contributed by atoms with van der Waals surface area (Å²) in [6.07, 6.45) is 55.1. The maximum Gasteiger partial charge on any atom is 0.210 e. The van der Waals surface area contributed by atoms with Gasteiger partial charge in [0.05, 0.1) is 0 Å². The second-order valence-electron chi connectivity index (χ2n) is 18.3. The molecule has 0 heterocycles. The van der Waals surface area contributed by atoms with E-state index in [0.717, 1.165) is 128 Å². The van der Waals surface area contributed by atoms with Crippen LogP contribution in [0.4, 0.5) is 0 Å². The molecule has 0 saturated heterocycles. The van der Waals surface area contributed by atoms with Gasteiger partial charge in [-0.2, -0.15) is 0 Å². The van der Waals surface area contributed by atoms with Crippen molar-refractivity contribution in [3.8, 4) is 0 Å². The molecule has 2 unspecified atom stereocenters. The van der Waals surface area contributed by atoms with E-state index in [9.17, 15) is 29.7 Å². The molecule has 2 atom stereocenters. The summed E-state index contributed by atoms with van der Waals surface area (Å²) in [6, 6.07) is 0. The second kappa shape index (κ2) is 46.1. The number of hydrogen-bond donors (Lipinski definition) is 3. The Morgan fingerprint density at radius 3 is 0.968 bits per heavy atom. The summed E-state index contributed by atoms with van der Waals surface area (Å²) in [5.74, 6) is -2.21. The largest absolute Gasteiger partial charge is 0.386 e. The SMILES string of the molecule is CCCCCC=CCC=CCCCCCCCC(=O)C(O)(C(=O)CCCCCCCC=CCC=CCCCCC)C(O)C(O)C(=O)CCCCCCCC=CCCCCCCCC. The highest BCUT2D eigenvalue weighted by Crippen LogP contribution is 2.25. The Kier molecular flexibility index (Phi) is 44.4. The summed E-state index contributed by atoms with van der Waals surface area (Å²) < 4.78 is 0.